The third-order valence-electron chi connectivity index (χ3n) is 5.15. The van der Waals surface area contributed by atoms with Crippen molar-refractivity contribution < 1.29 is 4.79 Å². The van der Waals surface area contributed by atoms with Gasteiger partial charge in [-0.25, -0.2) is 0 Å². The van der Waals surface area contributed by atoms with E-state index in [9.17, 15) is 4.79 Å². The van der Waals surface area contributed by atoms with Crippen molar-refractivity contribution in [3.8, 4) is 0 Å². The molecule has 2 aromatic rings. The van der Waals surface area contributed by atoms with E-state index >= 15 is 0 Å². The maximum atomic E-state index is 12.9. The first-order valence-electron chi connectivity index (χ1n) is 9.22. The highest BCUT2D eigenvalue weighted by atomic mass is 16.2. The van der Waals surface area contributed by atoms with Gasteiger partial charge in [-0.05, 0) is 44.0 Å². The van der Waals surface area contributed by atoms with E-state index in [1.807, 2.05) is 18.0 Å². The van der Waals surface area contributed by atoms with E-state index in [-0.39, 0.29) is 11.9 Å². The molecule has 25 heavy (non-hydrogen) atoms. The molecule has 1 amide bonds. The van der Waals surface area contributed by atoms with Crippen LogP contribution in [0.4, 0.5) is 0 Å². The number of rotatable bonds is 6. The first-order chi connectivity index (χ1) is 12.1. The predicted molar refractivity (Wildman–Crippen MR) is 103 cm³/mol. The van der Waals surface area contributed by atoms with Crippen molar-refractivity contribution in [2.75, 3.05) is 26.7 Å². The second-order valence-corrected chi connectivity index (χ2v) is 7.10. The Morgan fingerprint density at radius 2 is 1.68 bits per heavy atom. The Bertz CT molecular complexity index is 675. The molecular weight excluding hydrogens is 308 g/mol. The summed E-state index contributed by atoms with van der Waals surface area (Å²) < 4.78 is 0. The molecule has 0 spiro atoms. The number of hydrogen-bond acceptors (Lipinski definition) is 2. The number of benzene rings is 2. The lowest BCUT2D eigenvalue weighted by Gasteiger charge is -2.32. The van der Waals surface area contributed by atoms with E-state index in [0.717, 1.165) is 25.2 Å². The Balaban J connectivity index is 1.74. The molecule has 0 radical (unpaired) electrons. The van der Waals surface area contributed by atoms with E-state index in [2.05, 4.69) is 60.4 Å². The molecule has 0 saturated carbocycles. The summed E-state index contributed by atoms with van der Waals surface area (Å²) in [7, 11) is 1.95. The van der Waals surface area contributed by atoms with Gasteiger partial charge in [0.1, 0.15) is 0 Å². The first-order valence-corrected chi connectivity index (χ1v) is 9.22. The Kier molecular flexibility index (Phi) is 5.87. The number of carbonyl (C=O) groups excluding carboxylic acids is 1. The smallest absolute Gasteiger partial charge is 0.227 e. The topological polar surface area (TPSA) is 23.6 Å². The van der Waals surface area contributed by atoms with Gasteiger partial charge in [0.25, 0.3) is 0 Å². The van der Waals surface area contributed by atoms with Crippen molar-refractivity contribution in [3.63, 3.8) is 0 Å². The van der Waals surface area contributed by atoms with Crippen LogP contribution < -0.4 is 0 Å². The summed E-state index contributed by atoms with van der Waals surface area (Å²) in [6.07, 6.45) is 2.99. The molecule has 1 saturated heterocycles. The van der Waals surface area contributed by atoms with Gasteiger partial charge in [-0.1, -0.05) is 60.2 Å². The molecule has 1 aliphatic rings. The zero-order valence-electron chi connectivity index (χ0n) is 15.3. The van der Waals surface area contributed by atoms with E-state index < -0.39 is 0 Å². The van der Waals surface area contributed by atoms with Crippen LogP contribution in [0, 0.1) is 6.92 Å². The lowest BCUT2D eigenvalue weighted by Crippen LogP contribution is -2.39. The van der Waals surface area contributed by atoms with E-state index in [1.54, 1.807) is 0 Å². The molecule has 0 aliphatic carbocycles. The maximum Gasteiger partial charge on any atom is 0.227 e. The number of carbonyl (C=O) groups is 1. The molecule has 1 atom stereocenters. The minimum absolute atomic E-state index is 0.109. The maximum absolute atomic E-state index is 12.9. The average Bonchev–Trinajstić information content (AvgIpc) is 3.15. The summed E-state index contributed by atoms with van der Waals surface area (Å²) >= 11 is 0. The molecule has 2 aromatic carbocycles. The molecule has 3 nitrogen and oxygen atoms in total. The SMILES string of the molecule is Cc1ccc(CC(=O)N(C)C(CN2CCCC2)c2ccccc2)cc1. The van der Waals surface area contributed by atoms with Crippen LogP contribution in [0.2, 0.25) is 0 Å². The monoisotopic (exact) mass is 336 g/mol. The summed E-state index contributed by atoms with van der Waals surface area (Å²) in [6, 6.07) is 18.8. The lowest BCUT2D eigenvalue weighted by molar-refractivity contribution is -0.131. The number of aryl methyl sites for hydroxylation is 1. The molecular formula is C22H28N2O. The van der Waals surface area contributed by atoms with Gasteiger partial charge in [0.2, 0.25) is 5.91 Å². The van der Waals surface area contributed by atoms with Gasteiger partial charge in [-0.2, -0.15) is 0 Å². The lowest BCUT2D eigenvalue weighted by atomic mass is 10.0. The quantitative estimate of drug-likeness (QED) is 0.800. The highest BCUT2D eigenvalue weighted by Crippen LogP contribution is 2.23. The van der Waals surface area contributed by atoms with E-state index in [1.165, 1.54) is 24.0 Å². The van der Waals surface area contributed by atoms with Crippen LogP contribution in [-0.4, -0.2) is 42.4 Å². The van der Waals surface area contributed by atoms with Gasteiger partial charge in [-0.3, -0.25) is 4.79 Å². The summed E-state index contributed by atoms with van der Waals surface area (Å²) in [5.41, 5.74) is 3.52. The minimum Gasteiger partial charge on any atom is -0.337 e. The van der Waals surface area contributed by atoms with E-state index in [0.29, 0.717) is 6.42 Å². The third-order valence-corrected chi connectivity index (χ3v) is 5.15. The molecule has 3 heteroatoms. The zero-order chi connectivity index (χ0) is 17.6. The molecule has 132 valence electrons. The van der Waals surface area contributed by atoms with Crippen LogP contribution in [0.1, 0.15) is 35.6 Å². The Labute approximate surface area is 151 Å². The van der Waals surface area contributed by atoms with Crippen molar-refractivity contribution in [2.45, 2.75) is 32.2 Å². The second kappa shape index (κ2) is 8.30. The predicted octanol–water partition coefficient (Wildman–Crippen LogP) is 3.83. The number of amides is 1. The fraction of sp³-hybridized carbons (Fsp3) is 0.409. The van der Waals surface area contributed by atoms with Gasteiger partial charge in [0.15, 0.2) is 0 Å². The summed E-state index contributed by atoms with van der Waals surface area (Å²) in [5, 5.41) is 0. The van der Waals surface area contributed by atoms with Crippen LogP contribution in [0.5, 0.6) is 0 Å². The molecule has 0 bridgehead atoms. The standard InChI is InChI=1S/C22H28N2O/c1-18-10-12-19(13-11-18)16-22(25)23(2)21(17-24-14-6-7-15-24)20-8-4-3-5-9-20/h3-5,8-13,21H,6-7,14-17H2,1-2H3. The van der Waals surface area contributed by atoms with Gasteiger partial charge in [0, 0.05) is 13.6 Å². The van der Waals surface area contributed by atoms with Crippen molar-refractivity contribution in [1.82, 2.24) is 9.80 Å². The Hall–Kier alpha value is -2.13. The molecule has 1 aliphatic heterocycles. The van der Waals surface area contributed by atoms with Gasteiger partial charge in [0.05, 0.1) is 12.5 Å². The fourth-order valence-corrected chi connectivity index (χ4v) is 3.52. The van der Waals surface area contributed by atoms with Crippen molar-refractivity contribution in [3.05, 3.63) is 71.3 Å². The van der Waals surface area contributed by atoms with Gasteiger partial charge >= 0.3 is 0 Å². The first kappa shape index (κ1) is 17.7. The van der Waals surface area contributed by atoms with Crippen LogP contribution in [0.15, 0.2) is 54.6 Å². The summed E-state index contributed by atoms with van der Waals surface area (Å²) in [4.78, 5) is 17.3. The number of nitrogens with zero attached hydrogens (tertiary/aromatic N) is 2. The van der Waals surface area contributed by atoms with Gasteiger partial charge in [-0.15, -0.1) is 0 Å². The zero-order valence-corrected chi connectivity index (χ0v) is 15.3. The largest absolute Gasteiger partial charge is 0.337 e. The van der Waals surface area contributed by atoms with Crippen LogP contribution in [-0.2, 0) is 11.2 Å². The van der Waals surface area contributed by atoms with Crippen molar-refractivity contribution >= 4 is 5.91 Å². The third kappa shape index (κ3) is 4.70. The number of hydrogen-bond donors (Lipinski definition) is 0. The van der Waals surface area contributed by atoms with Crippen LogP contribution in [0.3, 0.4) is 0 Å². The Morgan fingerprint density at radius 1 is 1.04 bits per heavy atom. The van der Waals surface area contributed by atoms with E-state index in [4.69, 9.17) is 0 Å². The molecule has 1 heterocycles. The van der Waals surface area contributed by atoms with Crippen LogP contribution >= 0.6 is 0 Å². The van der Waals surface area contributed by atoms with Crippen molar-refractivity contribution in [1.29, 1.82) is 0 Å². The fourth-order valence-electron chi connectivity index (χ4n) is 3.52. The normalized spacial score (nSPS) is 15.9. The molecule has 1 unspecified atom stereocenters. The number of likely N-dealkylation sites (N-methyl/N-ethyl adjacent to an activating group) is 1. The molecule has 3 rings (SSSR count). The number of likely N-dealkylation sites (tertiary alicyclic amines) is 1. The highest BCUT2D eigenvalue weighted by Gasteiger charge is 2.25. The molecule has 0 aromatic heterocycles. The minimum atomic E-state index is 0.109. The van der Waals surface area contributed by atoms with Crippen molar-refractivity contribution in [2.24, 2.45) is 0 Å². The summed E-state index contributed by atoms with van der Waals surface area (Å²) in [6.45, 7) is 5.27. The second-order valence-electron chi connectivity index (χ2n) is 7.10. The molecule has 0 N–H and O–H groups in total. The average molecular weight is 336 g/mol. The molecule has 1 fully saturated rings. The highest BCUT2D eigenvalue weighted by molar-refractivity contribution is 5.79. The Morgan fingerprint density at radius 3 is 2.32 bits per heavy atom. The van der Waals surface area contributed by atoms with Crippen LogP contribution in [0.25, 0.3) is 0 Å². The summed E-state index contributed by atoms with van der Waals surface area (Å²) in [5.74, 6) is 0.178. The van der Waals surface area contributed by atoms with Gasteiger partial charge < -0.3 is 9.80 Å².